The summed E-state index contributed by atoms with van der Waals surface area (Å²) in [6.07, 6.45) is 3.22. The number of nitrogens with one attached hydrogen (secondary N) is 1. The molecule has 2 heterocycles. The summed E-state index contributed by atoms with van der Waals surface area (Å²) in [4.78, 5) is 14.9. The molecule has 1 atom stereocenters. The molecule has 0 radical (unpaired) electrons. The van der Waals surface area contributed by atoms with Gasteiger partial charge < -0.3 is 5.32 Å². The third kappa shape index (κ3) is 2.80. The summed E-state index contributed by atoms with van der Waals surface area (Å²) in [5, 5.41) is 2.66. The predicted molar refractivity (Wildman–Crippen MR) is 66.6 cm³/mol. The molecular weight excluding hydrogens is 258 g/mol. The Bertz CT molecular complexity index is 461. The highest BCUT2D eigenvalue weighted by Gasteiger charge is 2.30. The highest BCUT2D eigenvalue weighted by molar-refractivity contribution is 8.00. The summed E-state index contributed by atoms with van der Waals surface area (Å²) in [6.45, 7) is 2.52. The molecule has 1 aromatic rings. The zero-order chi connectivity index (χ0) is 13.2. The lowest BCUT2D eigenvalue weighted by molar-refractivity contribution is 0.0944. The Morgan fingerprint density at radius 3 is 3.06 bits per heavy atom. The molecule has 6 heteroatoms. The van der Waals surface area contributed by atoms with Gasteiger partial charge in [-0.2, -0.15) is 16.2 Å². The number of pyridine rings is 1. The third-order valence-electron chi connectivity index (χ3n) is 3.01. The van der Waals surface area contributed by atoms with Crippen molar-refractivity contribution >= 4 is 17.7 Å². The minimum atomic E-state index is -1.25. The average molecular weight is 272 g/mol. The number of hydrogen-bond acceptors (Lipinski definition) is 3. The van der Waals surface area contributed by atoms with Crippen LogP contribution in [-0.4, -0.2) is 27.9 Å². The molecular formula is C12H14F2N2OS. The molecule has 1 amide bonds. The highest BCUT2D eigenvalue weighted by atomic mass is 32.2. The van der Waals surface area contributed by atoms with Crippen LogP contribution in [0.15, 0.2) is 12.3 Å². The van der Waals surface area contributed by atoms with Crippen LogP contribution < -0.4 is 5.32 Å². The zero-order valence-electron chi connectivity index (χ0n) is 10.0. The van der Waals surface area contributed by atoms with Gasteiger partial charge in [0, 0.05) is 17.5 Å². The molecule has 0 aromatic carbocycles. The topological polar surface area (TPSA) is 42.0 Å². The smallest absolute Gasteiger partial charge is 0.254 e. The molecule has 18 heavy (non-hydrogen) atoms. The molecule has 1 N–H and O–H groups in total. The summed E-state index contributed by atoms with van der Waals surface area (Å²) < 4.78 is 26.2. The van der Waals surface area contributed by atoms with Gasteiger partial charge in [-0.15, -0.1) is 0 Å². The number of halogens is 2. The van der Waals surface area contributed by atoms with Crippen molar-refractivity contribution in [2.75, 3.05) is 12.3 Å². The first-order valence-corrected chi connectivity index (χ1v) is 6.72. The van der Waals surface area contributed by atoms with Crippen molar-refractivity contribution in [3.8, 4) is 0 Å². The van der Waals surface area contributed by atoms with Crippen LogP contribution in [0.5, 0.6) is 0 Å². The van der Waals surface area contributed by atoms with Crippen molar-refractivity contribution in [2.45, 2.75) is 24.5 Å². The van der Waals surface area contributed by atoms with E-state index in [4.69, 9.17) is 0 Å². The summed E-state index contributed by atoms with van der Waals surface area (Å²) in [5.41, 5.74) is -0.297. The number of nitrogens with zero attached hydrogens (tertiary/aromatic N) is 1. The van der Waals surface area contributed by atoms with E-state index in [1.807, 2.05) is 0 Å². The van der Waals surface area contributed by atoms with Crippen LogP contribution in [0.4, 0.5) is 8.78 Å². The predicted octanol–water partition coefficient (Wildman–Crippen LogP) is 2.38. The van der Waals surface area contributed by atoms with Gasteiger partial charge in [-0.1, -0.05) is 0 Å². The molecule has 1 aliphatic rings. The number of carbonyl (C=O) groups excluding carboxylic acids is 1. The van der Waals surface area contributed by atoms with Gasteiger partial charge in [-0.25, -0.2) is 9.37 Å². The maximum atomic E-state index is 13.3. The third-order valence-corrected chi connectivity index (χ3v) is 4.55. The van der Waals surface area contributed by atoms with Crippen molar-refractivity contribution in [2.24, 2.45) is 0 Å². The number of amides is 1. The molecule has 0 bridgehead atoms. The number of rotatable bonds is 3. The van der Waals surface area contributed by atoms with E-state index in [1.54, 1.807) is 11.8 Å². The van der Waals surface area contributed by atoms with Gasteiger partial charge in [0.2, 0.25) is 5.95 Å². The SMILES string of the molecule is CC1(CNC(=O)c2ccnc(F)c2F)CCCS1. The molecule has 2 rings (SSSR count). The van der Waals surface area contributed by atoms with Gasteiger partial charge in [0.15, 0.2) is 5.82 Å². The summed E-state index contributed by atoms with van der Waals surface area (Å²) in [5.74, 6) is -1.96. The highest BCUT2D eigenvalue weighted by Crippen LogP contribution is 2.36. The number of aromatic nitrogens is 1. The van der Waals surface area contributed by atoms with E-state index in [0.29, 0.717) is 6.54 Å². The summed E-state index contributed by atoms with van der Waals surface area (Å²) in [7, 11) is 0. The molecule has 98 valence electrons. The fourth-order valence-corrected chi connectivity index (χ4v) is 3.18. The van der Waals surface area contributed by atoms with E-state index in [0.717, 1.165) is 24.8 Å². The average Bonchev–Trinajstić information content (AvgIpc) is 2.77. The number of hydrogen-bond donors (Lipinski definition) is 1. The lowest BCUT2D eigenvalue weighted by Gasteiger charge is -2.22. The first kappa shape index (κ1) is 13.3. The van der Waals surface area contributed by atoms with Crippen LogP contribution in [-0.2, 0) is 0 Å². The summed E-state index contributed by atoms with van der Waals surface area (Å²) >= 11 is 1.79. The van der Waals surface area contributed by atoms with Gasteiger partial charge in [-0.3, -0.25) is 4.79 Å². The fraction of sp³-hybridized carbons (Fsp3) is 0.500. The molecule has 1 saturated heterocycles. The Labute approximate surface area is 108 Å². The first-order valence-electron chi connectivity index (χ1n) is 5.74. The van der Waals surface area contributed by atoms with Crippen LogP contribution in [0, 0.1) is 11.8 Å². The monoisotopic (exact) mass is 272 g/mol. The van der Waals surface area contributed by atoms with Crippen molar-refractivity contribution < 1.29 is 13.6 Å². The van der Waals surface area contributed by atoms with Crippen molar-refractivity contribution in [3.05, 3.63) is 29.6 Å². The number of thioether (sulfide) groups is 1. The lowest BCUT2D eigenvalue weighted by Crippen LogP contribution is -2.37. The van der Waals surface area contributed by atoms with Crippen LogP contribution in [0.25, 0.3) is 0 Å². The Morgan fingerprint density at radius 1 is 1.61 bits per heavy atom. The Morgan fingerprint density at radius 2 is 2.39 bits per heavy atom. The molecule has 1 aliphatic heterocycles. The van der Waals surface area contributed by atoms with E-state index < -0.39 is 17.7 Å². The second kappa shape index (κ2) is 5.22. The minimum Gasteiger partial charge on any atom is -0.351 e. The van der Waals surface area contributed by atoms with Crippen LogP contribution >= 0.6 is 11.8 Å². The molecule has 1 aromatic heterocycles. The molecule has 0 saturated carbocycles. The van der Waals surface area contributed by atoms with Crippen LogP contribution in [0.2, 0.25) is 0 Å². The summed E-state index contributed by atoms with van der Waals surface area (Å²) in [6, 6.07) is 1.18. The molecule has 3 nitrogen and oxygen atoms in total. The minimum absolute atomic E-state index is 0.00227. The largest absolute Gasteiger partial charge is 0.351 e. The Kier molecular flexibility index (Phi) is 3.85. The van der Waals surface area contributed by atoms with Gasteiger partial charge in [0.1, 0.15) is 0 Å². The van der Waals surface area contributed by atoms with Gasteiger partial charge in [-0.05, 0) is 31.6 Å². The Hall–Kier alpha value is -1.17. The lowest BCUT2D eigenvalue weighted by atomic mass is 10.1. The van der Waals surface area contributed by atoms with E-state index in [9.17, 15) is 13.6 Å². The van der Waals surface area contributed by atoms with Crippen molar-refractivity contribution in [1.82, 2.24) is 10.3 Å². The molecule has 1 unspecified atom stereocenters. The van der Waals surface area contributed by atoms with Gasteiger partial charge in [0.25, 0.3) is 5.91 Å². The van der Waals surface area contributed by atoms with Crippen LogP contribution in [0.1, 0.15) is 30.1 Å². The molecule has 0 aliphatic carbocycles. The number of carbonyl (C=O) groups is 1. The van der Waals surface area contributed by atoms with E-state index >= 15 is 0 Å². The van der Waals surface area contributed by atoms with Gasteiger partial charge in [0.05, 0.1) is 5.56 Å². The van der Waals surface area contributed by atoms with Crippen molar-refractivity contribution in [3.63, 3.8) is 0 Å². The normalized spacial score (nSPS) is 23.1. The molecule has 0 spiro atoms. The van der Waals surface area contributed by atoms with E-state index in [2.05, 4.69) is 17.2 Å². The first-order chi connectivity index (χ1) is 8.52. The quantitative estimate of drug-likeness (QED) is 0.859. The van der Waals surface area contributed by atoms with Crippen molar-refractivity contribution in [1.29, 1.82) is 0 Å². The zero-order valence-corrected chi connectivity index (χ0v) is 10.8. The second-order valence-electron chi connectivity index (χ2n) is 4.55. The van der Waals surface area contributed by atoms with Crippen LogP contribution in [0.3, 0.4) is 0 Å². The molecule has 1 fully saturated rings. The Balaban J connectivity index is 2.01. The standard InChI is InChI=1S/C12H14F2N2OS/c1-12(4-2-6-18-12)7-16-11(17)8-3-5-15-10(14)9(8)13/h3,5H,2,4,6-7H2,1H3,(H,16,17). The fourth-order valence-electron chi connectivity index (χ4n) is 1.93. The maximum absolute atomic E-state index is 13.3. The maximum Gasteiger partial charge on any atom is 0.254 e. The van der Waals surface area contributed by atoms with Gasteiger partial charge >= 0.3 is 0 Å². The van der Waals surface area contributed by atoms with E-state index in [-0.39, 0.29) is 10.3 Å². The second-order valence-corrected chi connectivity index (χ2v) is 6.23. The van der Waals surface area contributed by atoms with E-state index in [1.165, 1.54) is 6.07 Å².